The molecule has 45 heavy (non-hydrogen) atoms. The molecule has 0 aliphatic rings. The van der Waals surface area contributed by atoms with E-state index in [9.17, 15) is 0 Å². The van der Waals surface area contributed by atoms with Gasteiger partial charge in [0, 0.05) is 40.3 Å². The highest BCUT2D eigenvalue weighted by molar-refractivity contribution is 6.10. The summed E-state index contributed by atoms with van der Waals surface area (Å²) in [6, 6.07) is 64.1. The molecule has 0 heterocycles. The van der Waals surface area contributed by atoms with Gasteiger partial charge >= 0.3 is 0 Å². The normalized spacial score (nSPS) is 10.8. The highest BCUT2D eigenvalue weighted by Crippen LogP contribution is 2.39. The van der Waals surface area contributed by atoms with E-state index in [4.69, 9.17) is 0 Å². The first-order valence-corrected chi connectivity index (χ1v) is 15.4. The Bertz CT molecular complexity index is 2130. The molecule has 2 heteroatoms. The summed E-state index contributed by atoms with van der Waals surface area (Å²) >= 11 is 0. The van der Waals surface area contributed by atoms with Gasteiger partial charge in [-0.05, 0) is 63.7 Å². The zero-order valence-electron chi connectivity index (χ0n) is 25.3. The van der Waals surface area contributed by atoms with Crippen LogP contribution in [0.2, 0.25) is 0 Å². The summed E-state index contributed by atoms with van der Waals surface area (Å²) in [6.07, 6.45) is 0. The second kappa shape index (κ2) is 12.8. The fourth-order valence-electron chi connectivity index (χ4n) is 6.12. The lowest BCUT2D eigenvalue weighted by Crippen LogP contribution is -2.10. The SMILES string of the molecule is CNc1c2ccccc2cc2ccccc12.c1ccc(-c2ccc(N(c3ccccc3)c3cccc4ccccc34)cc2)cc1. The predicted octanol–water partition coefficient (Wildman–Crippen LogP) is 12.0. The number of benzene rings is 8. The molecule has 0 saturated heterocycles. The van der Waals surface area contributed by atoms with Crippen LogP contribution in [0.4, 0.5) is 22.7 Å². The van der Waals surface area contributed by atoms with Gasteiger partial charge in [0.1, 0.15) is 0 Å². The van der Waals surface area contributed by atoms with Crippen LogP contribution in [0.1, 0.15) is 0 Å². The molecule has 216 valence electrons. The Kier molecular flexibility index (Phi) is 7.94. The van der Waals surface area contributed by atoms with Crippen molar-refractivity contribution in [1.29, 1.82) is 0 Å². The Hall–Kier alpha value is -5.86. The first-order valence-electron chi connectivity index (χ1n) is 15.4. The third kappa shape index (κ3) is 5.74. The molecular weight excluding hydrogens is 544 g/mol. The molecule has 8 aromatic rings. The molecule has 0 unspecified atom stereocenters. The fourth-order valence-corrected chi connectivity index (χ4v) is 6.12. The maximum absolute atomic E-state index is 3.31. The number of hydrogen-bond donors (Lipinski definition) is 1. The topological polar surface area (TPSA) is 15.3 Å². The summed E-state index contributed by atoms with van der Waals surface area (Å²) in [7, 11) is 1.98. The standard InChI is InChI=1S/C28H21N.C15H13N/c1-3-10-22(11-4-1)23-18-20-26(21-19-23)29(25-14-5-2-6-15-25)28-17-9-13-24-12-7-8-16-27(24)28;1-16-15-13-8-4-2-6-11(13)10-12-7-3-5-9-14(12)15/h1-21H;2-10,16H,1H3. The Balaban J connectivity index is 0.000000171. The molecule has 2 nitrogen and oxygen atoms in total. The second-order valence-corrected chi connectivity index (χ2v) is 11.0. The quantitative estimate of drug-likeness (QED) is 0.204. The van der Waals surface area contributed by atoms with E-state index in [0.29, 0.717) is 0 Å². The van der Waals surface area contributed by atoms with Crippen molar-refractivity contribution in [1.82, 2.24) is 0 Å². The van der Waals surface area contributed by atoms with Gasteiger partial charge in [-0.25, -0.2) is 0 Å². The average Bonchev–Trinajstić information content (AvgIpc) is 3.12. The number of anilines is 4. The van der Waals surface area contributed by atoms with Crippen molar-refractivity contribution in [3.05, 3.63) is 182 Å². The Morgan fingerprint density at radius 2 is 0.844 bits per heavy atom. The van der Waals surface area contributed by atoms with Crippen LogP contribution < -0.4 is 10.2 Å². The minimum Gasteiger partial charge on any atom is -0.387 e. The number of fused-ring (bicyclic) bond motifs is 3. The summed E-state index contributed by atoms with van der Waals surface area (Å²) in [4.78, 5) is 2.33. The molecule has 0 aliphatic carbocycles. The van der Waals surface area contributed by atoms with E-state index in [1.54, 1.807) is 0 Å². The van der Waals surface area contributed by atoms with Crippen LogP contribution in [0.5, 0.6) is 0 Å². The number of para-hydroxylation sites is 1. The van der Waals surface area contributed by atoms with Gasteiger partial charge in [-0.15, -0.1) is 0 Å². The molecule has 0 saturated carbocycles. The van der Waals surface area contributed by atoms with E-state index >= 15 is 0 Å². The maximum Gasteiger partial charge on any atom is 0.0540 e. The Morgan fingerprint density at radius 1 is 0.378 bits per heavy atom. The van der Waals surface area contributed by atoms with Crippen LogP contribution in [0.25, 0.3) is 43.4 Å². The van der Waals surface area contributed by atoms with Crippen molar-refractivity contribution in [2.45, 2.75) is 0 Å². The van der Waals surface area contributed by atoms with Crippen LogP contribution in [-0.2, 0) is 0 Å². The van der Waals surface area contributed by atoms with Crippen molar-refractivity contribution >= 4 is 55.1 Å². The second-order valence-electron chi connectivity index (χ2n) is 11.0. The van der Waals surface area contributed by atoms with E-state index in [1.165, 1.54) is 54.8 Å². The fraction of sp³-hybridized carbons (Fsp3) is 0.0233. The molecule has 8 rings (SSSR count). The number of nitrogens with one attached hydrogen (secondary N) is 1. The van der Waals surface area contributed by atoms with Gasteiger partial charge < -0.3 is 10.2 Å². The van der Waals surface area contributed by atoms with Gasteiger partial charge in [0.05, 0.1) is 5.69 Å². The van der Waals surface area contributed by atoms with E-state index in [0.717, 1.165) is 11.4 Å². The van der Waals surface area contributed by atoms with E-state index in [1.807, 2.05) is 7.05 Å². The van der Waals surface area contributed by atoms with Crippen molar-refractivity contribution in [3.63, 3.8) is 0 Å². The van der Waals surface area contributed by atoms with Gasteiger partial charge in [0.25, 0.3) is 0 Å². The van der Waals surface area contributed by atoms with Crippen LogP contribution in [-0.4, -0.2) is 7.05 Å². The molecule has 1 N–H and O–H groups in total. The molecule has 0 aliphatic heterocycles. The summed E-state index contributed by atoms with van der Waals surface area (Å²) < 4.78 is 0. The van der Waals surface area contributed by atoms with Crippen LogP contribution in [0, 0.1) is 0 Å². The zero-order valence-corrected chi connectivity index (χ0v) is 25.3. The number of hydrogen-bond acceptors (Lipinski definition) is 2. The lowest BCUT2D eigenvalue weighted by Gasteiger charge is -2.27. The molecule has 0 fully saturated rings. The summed E-state index contributed by atoms with van der Waals surface area (Å²) in [5.74, 6) is 0. The van der Waals surface area contributed by atoms with E-state index < -0.39 is 0 Å². The molecule has 0 spiro atoms. The van der Waals surface area contributed by atoms with Gasteiger partial charge in [-0.2, -0.15) is 0 Å². The lowest BCUT2D eigenvalue weighted by atomic mass is 10.0. The third-order valence-electron chi connectivity index (χ3n) is 8.28. The van der Waals surface area contributed by atoms with Crippen molar-refractivity contribution in [2.24, 2.45) is 0 Å². The molecular formula is C43H34N2. The Labute approximate surface area is 264 Å². The van der Waals surface area contributed by atoms with Gasteiger partial charge in [0.15, 0.2) is 0 Å². The molecule has 0 atom stereocenters. The minimum absolute atomic E-state index is 1.15. The van der Waals surface area contributed by atoms with Crippen molar-refractivity contribution in [2.75, 3.05) is 17.3 Å². The van der Waals surface area contributed by atoms with Gasteiger partial charge in [-0.3, -0.25) is 0 Å². The van der Waals surface area contributed by atoms with Gasteiger partial charge in [-0.1, -0.05) is 146 Å². The van der Waals surface area contributed by atoms with Crippen molar-refractivity contribution < 1.29 is 0 Å². The van der Waals surface area contributed by atoms with Crippen LogP contribution in [0.3, 0.4) is 0 Å². The minimum atomic E-state index is 1.15. The largest absolute Gasteiger partial charge is 0.387 e. The third-order valence-corrected chi connectivity index (χ3v) is 8.28. The Morgan fingerprint density at radius 3 is 1.47 bits per heavy atom. The molecule has 8 aromatic carbocycles. The molecule has 0 radical (unpaired) electrons. The number of rotatable bonds is 5. The predicted molar refractivity (Wildman–Crippen MR) is 195 cm³/mol. The lowest BCUT2D eigenvalue weighted by molar-refractivity contribution is 1.30. The monoisotopic (exact) mass is 578 g/mol. The smallest absolute Gasteiger partial charge is 0.0540 e. The van der Waals surface area contributed by atoms with Gasteiger partial charge in [0.2, 0.25) is 0 Å². The van der Waals surface area contributed by atoms with Crippen molar-refractivity contribution in [3.8, 4) is 11.1 Å². The average molecular weight is 579 g/mol. The van der Waals surface area contributed by atoms with Crippen LogP contribution in [0.15, 0.2) is 182 Å². The first-order chi connectivity index (χ1) is 22.3. The van der Waals surface area contributed by atoms with E-state index in [2.05, 4.69) is 192 Å². The molecule has 0 amide bonds. The number of nitrogens with zero attached hydrogens (tertiary/aromatic N) is 1. The van der Waals surface area contributed by atoms with E-state index in [-0.39, 0.29) is 0 Å². The molecule has 0 aromatic heterocycles. The first kappa shape index (κ1) is 27.9. The highest BCUT2D eigenvalue weighted by Gasteiger charge is 2.15. The summed E-state index contributed by atoms with van der Waals surface area (Å²) in [5, 5.41) is 10.9. The molecule has 0 bridgehead atoms. The summed E-state index contributed by atoms with van der Waals surface area (Å²) in [5.41, 5.74) is 7.15. The summed E-state index contributed by atoms with van der Waals surface area (Å²) in [6.45, 7) is 0. The maximum atomic E-state index is 3.31. The van der Waals surface area contributed by atoms with Crippen LogP contribution >= 0.6 is 0 Å². The highest BCUT2D eigenvalue weighted by atomic mass is 15.1. The zero-order chi connectivity index (χ0) is 30.4.